The van der Waals surface area contributed by atoms with E-state index < -0.39 is 0 Å². The lowest BCUT2D eigenvalue weighted by Gasteiger charge is -2.05. The van der Waals surface area contributed by atoms with Gasteiger partial charge >= 0.3 is 0 Å². The second-order valence-electron chi connectivity index (χ2n) is 6.53. The fourth-order valence-corrected chi connectivity index (χ4v) is 4.14. The molecule has 7 heteroatoms. The summed E-state index contributed by atoms with van der Waals surface area (Å²) in [5.74, 6) is -0.518. The topological polar surface area (TPSA) is 68.0 Å². The average Bonchev–Trinajstić information content (AvgIpc) is 3.06. The van der Waals surface area contributed by atoms with Crippen LogP contribution in [0, 0.1) is 5.82 Å². The molecular formula is C22H17ClFN3OS. The lowest BCUT2D eigenvalue weighted by Crippen LogP contribution is -2.25. The molecule has 0 aliphatic heterocycles. The van der Waals surface area contributed by atoms with Crippen LogP contribution in [0.5, 0.6) is 0 Å². The van der Waals surface area contributed by atoms with E-state index >= 15 is 0 Å². The van der Waals surface area contributed by atoms with Crippen molar-refractivity contribution < 1.29 is 9.18 Å². The first-order valence-electron chi connectivity index (χ1n) is 8.99. The first-order chi connectivity index (χ1) is 14.0. The molecule has 0 radical (unpaired) electrons. The number of fused-ring (bicyclic) bond motifs is 1. The van der Waals surface area contributed by atoms with Crippen molar-refractivity contribution in [1.29, 1.82) is 0 Å². The molecule has 0 aliphatic rings. The van der Waals surface area contributed by atoms with Gasteiger partial charge in [-0.05, 0) is 60.5 Å². The number of hydrogen-bond donors (Lipinski definition) is 2. The number of carbonyl (C=O) groups is 1. The van der Waals surface area contributed by atoms with Gasteiger partial charge < -0.3 is 11.1 Å². The molecule has 4 aromatic rings. The summed E-state index contributed by atoms with van der Waals surface area (Å²) in [6.07, 6.45) is 0.695. The van der Waals surface area contributed by atoms with Gasteiger partial charge in [-0.1, -0.05) is 23.7 Å². The van der Waals surface area contributed by atoms with Gasteiger partial charge in [0.25, 0.3) is 5.91 Å². The largest absolute Gasteiger partial charge is 0.397 e. The Morgan fingerprint density at radius 3 is 2.52 bits per heavy atom. The third-order valence-electron chi connectivity index (χ3n) is 4.55. The van der Waals surface area contributed by atoms with Crippen LogP contribution in [0.2, 0.25) is 5.02 Å². The molecule has 0 aliphatic carbocycles. The summed E-state index contributed by atoms with van der Waals surface area (Å²) in [5.41, 5.74) is 9.21. The Bertz CT molecular complexity index is 1170. The summed E-state index contributed by atoms with van der Waals surface area (Å²) < 4.78 is 13.1. The van der Waals surface area contributed by atoms with Gasteiger partial charge in [-0.25, -0.2) is 9.37 Å². The average molecular weight is 426 g/mol. The number of rotatable bonds is 5. The maximum absolute atomic E-state index is 13.1. The van der Waals surface area contributed by atoms with Crippen LogP contribution in [0.15, 0.2) is 60.7 Å². The Balaban J connectivity index is 1.50. The molecule has 4 nitrogen and oxygen atoms in total. The first kappa shape index (κ1) is 19.4. The zero-order valence-electron chi connectivity index (χ0n) is 15.3. The highest BCUT2D eigenvalue weighted by Gasteiger charge is 2.17. The second kappa shape index (κ2) is 8.19. The van der Waals surface area contributed by atoms with Gasteiger partial charge in [0.2, 0.25) is 0 Å². The van der Waals surface area contributed by atoms with Crippen molar-refractivity contribution in [2.75, 3.05) is 12.3 Å². The zero-order valence-corrected chi connectivity index (χ0v) is 16.9. The molecule has 3 N–H and O–H groups in total. The highest BCUT2D eigenvalue weighted by Crippen LogP contribution is 2.34. The summed E-state index contributed by atoms with van der Waals surface area (Å²) in [5, 5.41) is 4.33. The van der Waals surface area contributed by atoms with Gasteiger partial charge in [0.1, 0.15) is 15.5 Å². The number of anilines is 1. The van der Waals surface area contributed by atoms with Crippen molar-refractivity contribution in [3.8, 4) is 11.3 Å². The van der Waals surface area contributed by atoms with E-state index in [-0.39, 0.29) is 11.7 Å². The van der Waals surface area contributed by atoms with Crippen LogP contribution in [0.4, 0.5) is 10.1 Å². The number of nitrogens with zero attached hydrogens (tertiary/aromatic N) is 1. The number of benzene rings is 2. The molecule has 0 saturated heterocycles. The van der Waals surface area contributed by atoms with E-state index in [0.29, 0.717) is 39.1 Å². The van der Waals surface area contributed by atoms with E-state index in [0.717, 1.165) is 16.5 Å². The Labute approximate surface area is 176 Å². The molecule has 0 atom stereocenters. The Morgan fingerprint density at radius 1 is 1.07 bits per heavy atom. The maximum atomic E-state index is 13.1. The van der Waals surface area contributed by atoms with Crippen molar-refractivity contribution in [3.05, 3.63) is 81.9 Å². The number of pyridine rings is 1. The van der Waals surface area contributed by atoms with Gasteiger partial charge in [-0.15, -0.1) is 11.3 Å². The minimum atomic E-state index is -0.298. The van der Waals surface area contributed by atoms with Gasteiger partial charge in [0, 0.05) is 22.5 Å². The van der Waals surface area contributed by atoms with Crippen LogP contribution < -0.4 is 11.1 Å². The number of amides is 1. The molecule has 2 heterocycles. The molecule has 2 aromatic carbocycles. The molecule has 0 unspecified atom stereocenters. The number of carbonyl (C=O) groups excluding carboxylic acids is 1. The number of nitrogen functional groups attached to an aromatic ring is 1. The van der Waals surface area contributed by atoms with Crippen LogP contribution >= 0.6 is 22.9 Å². The Hall–Kier alpha value is -2.96. The monoisotopic (exact) mass is 425 g/mol. The van der Waals surface area contributed by atoms with E-state index in [4.69, 9.17) is 17.3 Å². The summed E-state index contributed by atoms with van der Waals surface area (Å²) >= 11 is 7.14. The van der Waals surface area contributed by atoms with E-state index in [1.807, 2.05) is 36.4 Å². The minimum absolute atomic E-state index is 0.220. The number of nitrogens with two attached hydrogens (primary N) is 1. The summed E-state index contributed by atoms with van der Waals surface area (Å²) in [4.78, 5) is 18.3. The van der Waals surface area contributed by atoms with Crippen molar-refractivity contribution >= 4 is 44.7 Å². The van der Waals surface area contributed by atoms with E-state index in [9.17, 15) is 9.18 Å². The standard InChI is InChI=1S/C22H17ClFN3OS/c23-15-5-1-13(2-6-15)11-12-26-21(28)20-19(25)17-9-10-18(27-22(17)29-20)14-3-7-16(24)8-4-14/h1-10H,11-12,25H2,(H,26,28). The first-order valence-corrected chi connectivity index (χ1v) is 10.2. The fraction of sp³-hybridized carbons (Fsp3) is 0.0909. The van der Waals surface area contributed by atoms with Crippen LogP contribution in [0.3, 0.4) is 0 Å². The number of hydrogen-bond acceptors (Lipinski definition) is 4. The molecule has 0 fully saturated rings. The molecule has 2 aromatic heterocycles. The lowest BCUT2D eigenvalue weighted by atomic mass is 10.1. The Morgan fingerprint density at radius 2 is 1.79 bits per heavy atom. The highest BCUT2D eigenvalue weighted by molar-refractivity contribution is 7.21. The van der Waals surface area contributed by atoms with Gasteiger partial charge in [-0.2, -0.15) is 0 Å². The molecule has 0 spiro atoms. The summed E-state index contributed by atoms with van der Waals surface area (Å²) in [6.45, 7) is 0.489. The third kappa shape index (κ3) is 4.23. The highest BCUT2D eigenvalue weighted by atomic mass is 35.5. The molecule has 0 bridgehead atoms. The van der Waals surface area contributed by atoms with E-state index in [1.54, 1.807) is 12.1 Å². The van der Waals surface area contributed by atoms with Gasteiger partial charge in [0.05, 0.1) is 11.4 Å². The Kier molecular flexibility index (Phi) is 5.47. The fourth-order valence-electron chi connectivity index (χ4n) is 3.00. The summed E-state index contributed by atoms with van der Waals surface area (Å²) in [7, 11) is 0. The van der Waals surface area contributed by atoms with E-state index in [1.165, 1.54) is 23.5 Å². The lowest BCUT2D eigenvalue weighted by molar-refractivity contribution is 0.0959. The number of aromatic nitrogens is 1. The number of halogens is 2. The molecular weight excluding hydrogens is 409 g/mol. The van der Waals surface area contributed by atoms with E-state index in [2.05, 4.69) is 10.3 Å². The van der Waals surface area contributed by atoms with Crippen LogP contribution in [0.1, 0.15) is 15.2 Å². The predicted molar refractivity (Wildman–Crippen MR) is 117 cm³/mol. The normalized spacial score (nSPS) is 11.0. The van der Waals surface area contributed by atoms with Crippen LogP contribution in [-0.2, 0) is 6.42 Å². The number of thiophene rings is 1. The predicted octanol–water partition coefficient (Wildman–Crippen LogP) is 5.31. The summed E-state index contributed by atoms with van der Waals surface area (Å²) in [6, 6.07) is 17.3. The molecule has 146 valence electrons. The van der Waals surface area contributed by atoms with Gasteiger partial charge in [-0.3, -0.25) is 4.79 Å². The third-order valence-corrected chi connectivity index (χ3v) is 5.92. The molecule has 0 saturated carbocycles. The molecule has 1 amide bonds. The SMILES string of the molecule is Nc1c(C(=O)NCCc2ccc(Cl)cc2)sc2nc(-c3ccc(F)cc3)ccc12. The van der Waals surface area contributed by atoms with Crippen LogP contribution in [-0.4, -0.2) is 17.4 Å². The molecule has 4 rings (SSSR count). The maximum Gasteiger partial charge on any atom is 0.263 e. The van der Waals surface area contributed by atoms with Gasteiger partial charge in [0.15, 0.2) is 0 Å². The number of nitrogens with one attached hydrogen (secondary N) is 1. The van der Waals surface area contributed by atoms with Crippen molar-refractivity contribution in [2.24, 2.45) is 0 Å². The smallest absolute Gasteiger partial charge is 0.263 e. The van der Waals surface area contributed by atoms with Crippen molar-refractivity contribution in [2.45, 2.75) is 6.42 Å². The van der Waals surface area contributed by atoms with Crippen molar-refractivity contribution in [3.63, 3.8) is 0 Å². The second-order valence-corrected chi connectivity index (χ2v) is 7.97. The minimum Gasteiger partial charge on any atom is -0.397 e. The quantitative estimate of drug-likeness (QED) is 0.455. The zero-order chi connectivity index (χ0) is 20.4. The molecule has 29 heavy (non-hydrogen) atoms. The van der Waals surface area contributed by atoms with Crippen molar-refractivity contribution in [1.82, 2.24) is 10.3 Å². The van der Waals surface area contributed by atoms with Crippen LogP contribution in [0.25, 0.3) is 21.5 Å².